The zero-order valence-corrected chi connectivity index (χ0v) is 12.5. The molecule has 0 radical (unpaired) electrons. The Kier molecular flexibility index (Phi) is 5.56. The maximum Gasteiger partial charge on any atom is 0.162 e. The molecule has 0 aromatic heterocycles. The van der Waals surface area contributed by atoms with E-state index in [1.807, 2.05) is 6.07 Å². The van der Waals surface area contributed by atoms with Crippen LogP contribution in [0.25, 0.3) is 0 Å². The number of Topliss-reactive ketones (excluding diaryl/α,β-unsaturated/α-hetero) is 1. The Labute approximate surface area is 126 Å². The van der Waals surface area contributed by atoms with Crippen molar-refractivity contribution in [1.82, 2.24) is 0 Å². The van der Waals surface area contributed by atoms with Crippen LogP contribution in [0.4, 0.5) is 0 Å². The summed E-state index contributed by atoms with van der Waals surface area (Å²) < 4.78 is 0. The highest BCUT2D eigenvalue weighted by atomic mass is 16.3. The van der Waals surface area contributed by atoms with E-state index in [1.165, 1.54) is 5.56 Å². The lowest BCUT2D eigenvalue weighted by Crippen LogP contribution is -2.02. The molecule has 21 heavy (non-hydrogen) atoms. The Hall–Kier alpha value is -2.09. The third-order valence-electron chi connectivity index (χ3n) is 3.91. The van der Waals surface area contributed by atoms with E-state index in [9.17, 15) is 9.90 Å². The van der Waals surface area contributed by atoms with Crippen molar-refractivity contribution >= 4 is 5.78 Å². The average molecular weight is 282 g/mol. The number of benzene rings is 2. The van der Waals surface area contributed by atoms with Crippen LogP contribution < -0.4 is 0 Å². The lowest BCUT2D eigenvalue weighted by molar-refractivity contribution is 0.0978. The van der Waals surface area contributed by atoms with Gasteiger partial charge in [0.2, 0.25) is 0 Å². The molecule has 1 atom stereocenters. The minimum absolute atomic E-state index is 0.151. The van der Waals surface area contributed by atoms with Crippen molar-refractivity contribution in [3.05, 3.63) is 65.7 Å². The monoisotopic (exact) mass is 282 g/mol. The number of phenols is 1. The van der Waals surface area contributed by atoms with Crippen molar-refractivity contribution < 1.29 is 9.90 Å². The highest BCUT2D eigenvalue weighted by Crippen LogP contribution is 2.25. The molecule has 0 saturated heterocycles. The van der Waals surface area contributed by atoms with Crippen LogP contribution in [0.5, 0.6) is 5.75 Å². The zero-order chi connectivity index (χ0) is 15.1. The van der Waals surface area contributed by atoms with Crippen molar-refractivity contribution in [1.29, 1.82) is 0 Å². The molecule has 2 aromatic rings. The standard InChI is InChI=1S/C19H22O2/c1-2-15(16-7-4-3-5-8-16)9-6-10-19(21)17-11-13-18(20)14-12-17/h3-5,7-8,11-15,20H,2,6,9-10H2,1H3. The smallest absolute Gasteiger partial charge is 0.162 e. The first-order chi connectivity index (χ1) is 10.2. The second-order valence-electron chi connectivity index (χ2n) is 5.38. The van der Waals surface area contributed by atoms with E-state index in [-0.39, 0.29) is 11.5 Å². The summed E-state index contributed by atoms with van der Waals surface area (Å²) in [5.74, 6) is 0.874. The number of phenolic OH excluding ortho intramolecular Hbond substituents is 1. The molecule has 0 aliphatic rings. The van der Waals surface area contributed by atoms with Gasteiger partial charge in [0, 0.05) is 12.0 Å². The van der Waals surface area contributed by atoms with Crippen molar-refractivity contribution in [2.45, 2.75) is 38.5 Å². The summed E-state index contributed by atoms with van der Waals surface area (Å²) in [6.45, 7) is 2.19. The molecule has 0 spiro atoms. The predicted octanol–water partition coefficient (Wildman–Crippen LogP) is 4.94. The number of carbonyl (C=O) groups excluding carboxylic acids is 1. The van der Waals surface area contributed by atoms with Gasteiger partial charge in [0.15, 0.2) is 5.78 Å². The first-order valence-corrected chi connectivity index (χ1v) is 7.58. The van der Waals surface area contributed by atoms with Crippen LogP contribution in [0, 0.1) is 0 Å². The van der Waals surface area contributed by atoms with Crippen molar-refractivity contribution in [3.8, 4) is 5.75 Å². The largest absolute Gasteiger partial charge is 0.508 e. The topological polar surface area (TPSA) is 37.3 Å². The molecule has 0 bridgehead atoms. The molecule has 0 saturated carbocycles. The quantitative estimate of drug-likeness (QED) is 0.730. The SMILES string of the molecule is CCC(CCCC(=O)c1ccc(O)cc1)c1ccccc1. The Morgan fingerprint density at radius 1 is 1.05 bits per heavy atom. The molecule has 1 unspecified atom stereocenters. The maximum atomic E-state index is 12.1. The molecule has 0 heterocycles. The third-order valence-corrected chi connectivity index (χ3v) is 3.91. The average Bonchev–Trinajstić information content (AvgIpc) is 2.53. The van der Waals surface area contributed by atoms with E-state index < -0.39 is 0 Å². The number of aromatic hydroxyl groups is 1. The molecule has 0 aliphatic carbocycles. The van der Waals surface area contributed by atoms with E-state index in [1.54, 1.807) is 24.3 Å². The summed E-state index contributed by atoms with van der Waals surface area (Å²) >= 11 is 0. The molecule has 2 heteroatoms. The molecular formula is C19H22O2. The van der Waals surface area contributed by atoms with Crippen molar-refractivity contribution in [2.75, 3.05) is 0 Å². The summed E-state index contributed by atoms with van der Waals surface area (Å²) in [6.07, 6.45) is 3.59. The molecule has 2 aromatic carbocycles. The van der Waals surface area contributed by atoms with Crippen LogP contribution in [0.3, 0.4) is 0 Å². The number of rotatable bonds is 7. The van der Waals surface area contributed by atoms with Gasteiger partial charge in [-0.25, -0.2) is 0 Å². The van der Waals surface area contributed by atoms with Gasteiger partial charge in [0.1, 0.15) is 5.75 Å². The molecule has 2 rings (SSSR count). The van der Waals surface area contributed by atoms with Gasteiger partial charge in [-0.05, 0) is 55.0 Å². The third kappa shape index (κ3) is 4.45. The fraction of sp³-hybridized carbons (Fsp3) is 0.316. The number of hydrogen-bond donors (Lipinski definition) is 1. The first kappa shape index (κ1) is 15.3. The lowest BCUT2D eigenvalue weighted by atomic mass is 9.90. The minimum Gasteiger partial charge on any atom is -0.508 e. The Balaban J connectivity index is 1.85. The summed E-state index contributed by atoms with van der Waals surface area (Å²) in [6, 6.07) is 17.0. The molecule has 1 N–H and O–H groups in total. The van der Waals surface area contributed by atoms with Crippen LogP contribution in [0.15, 0.2) is 54.6 Å². The Bertz CT molecular complexity index is 558. The number of hydrogen-bond acceptors (Lipinski definition) is 2. The second-order valence-corrected chi connectivity index (χ2v) is 5.38. The van der Waals surface area contributed by atoms with Gasteiger partial charge < -0.3 is 5.11 Å². The predicted molar refractivity (Wildman–Crippen MR) is 85.8 cm³/mol. The van der Waals surface area contributed by atoms with Crippen LogP contribution in [-0.2, 0) is 0 Å². The molecule has 0 fully saturated rings. The summed E-state index contributed by atoms with van der Waals surface area (Å²) in [5.41, 5.74) is 2.04. The fourth-order valence-electron chi connectivity index (χ4n) is 2.63. The van der Waals surface area contributed by atoms with Gasteiger partial charge in [0.25, 0.3) is 0 Å². The van der Waals surface area contributed by atoms with Gasteiger partial charge >= 0.3 is 0 Å². The highest BCUT2D eigenvalue weighted by molar-refractivity contribution is 5.96. The normalized spacial score (nSPS) is 12.0. The van der Waals surface area contributed by atoms with Crippen LogP contribution in [-0.4, -0.2) is 10.9 Å². The van der Waals surface area contributed by atoms with E-state index in [0.717, 1.165) is 19.3 Å². The minimum atomic E-state index is 0.151. The van der Waals surface area contributed by atoms with Gasteiger partial charge in [0.05, 0.1) is 0 Å². The fourth-order valence-corrected chi connectivity index (χ4v) is 2.63. The van der Waals surface area contributed by atoms with Gasteiger partial charge in [-0.15, -0.1) is 0 Å². The second kappa shape index (κ2) is 7.63. The van der Waals surface area contributed by atoms with Crippen LogP contribution in [0.1, 0.15) is 54.4 Å². The number of carbonyl (C=O) groups is 1. The maximum absolute atomic E-state index is 12.1. The molecule has 0 aliphatic heterocycles. The molecule has 0 amide bonds. The van der Waals surface area contributed by atoms with E-state index in [2.05, 4.69) is 31.2 Å². The van der Waals surface area contributed by atoms with Gasteiger partial charge in [-0.1, -0.05) is 37.3 Å². The number of ketones is 1. The summed E-state index contributed by atoms with van der Waals surface area (Å²) in [5, 5.41) is 9.23. The van der Waals surface area contributed by atoms with E-state index in [4.69, 9.17) is 0 Å². The van der Waals surface area contributed by atoms with E-state index in [0.29, 0.717) is 17.9 Å². The van der Waals surface area contributed by atoms with Crippen LogP contribution in [0.2, 0.25) is 0 Å². The van der Waals surface area contributed by atoms with E-state index >= 15 is 0 Å². The molecule has 2 nitrogen and oxygen atoms in total. The molecule has 110 valence electrons. The first-order valence-electron chi connectivity index (χ1n) is 7.58. The zero-order valence-electron chi connectivity index (χ0n) is 12.5. The summed E-state index contributed by atoms with van der Waals surface area (Å²) in [7, 11) is 0. The van der Waals surface area contributed by atoms with Gasteiger partial charge in [-0.3, -0.25) is 4.79 Å². The summed E-state index contributed by atoms with van der Waals surface area (Å²) in [4.78, 5) is 12.1. The highest BCUT2D eigenvalue weighted by Gasteiger charge is 2.11. The van der Waals surface area contributed by atoms with Crippen molar-refractivity contribution in [3.63, 3.8) is 0 Å². The van der Waals surface area contributed by atoms with Crippen LogP contribution >= 0.6 is 0 Å². The lowest BCUT2D eigenvalue weighted by Gasteiger charge is -2.14. The Morgan fingerprint density at radius 3 is 2.33 bits per heavy atom. The molecular weight excluding hydrogens is 260 g/mol. The van der Waals surface area contributed by atoms with Crippen molar-refractivity contribution in [2.24, 2.45) is 0 Å². The Morgan fingerprint density at radius 2 is 1.71 bits per heavy atom. The van der Waals surface area contributed by atoms with Gasteiger partial charge in [-0.2, -0.15) is 0 Å².